The van der Waals surface area contributed by atoms with E-state index < -0.39 is 0 Å². The molecule has 1 aromatic heterocycles. The Morgan fingerprint density at radius 1 is 1.38 bits per heavy atom. The molecule has 1 aromatic rings. The molecule has 0 unspecified atom stereocenters. The van der Waals surface area contributed by atoms with Crippen LogP contribution in [0.4, 0.5) is 5.69 Å². The van der Waals surface area contributed by atoms with Gasteiger partial charge in [-0.15, -0.1) is 0 Å². The molecule has 1 fully saturated rings. The van der Waals surface area contributed by atoms with E-state index in [1.54, 1.807) is 12.1 Å². The van der Waals surface area contributed by atoms with E-state index >= 15 is 0 Å². The van der Waals surface area contributed by atoms with Gasteiger partial charge in [0, 0.05) is 6.07 Å². The van der Waals surface area contributed by atoms with Crippen molar-refractivity contribution in [2.45, 2.75) is 45.3 Å². The summed E-state index contributed by atoms with van der Waals surface area (Å²) in [4.78, 5) is 4.26. The first kappa shape index (κ1) is 11.0. The summed E-state index contributed by atoms with van der Waals surface area (Å²) >= 11 is 0. The number of hydrogen-bond donors (Lipinski definition) is 1. The van der Waals surface area contributed by atoms with Crippen molar-refractivity contribution in [2.75, 3.05) is 5.73 Å². The molecule has 1 saturated carbocycles. The van der Waals surface area contributed by atoms with Crippen LogP contribution >= 0.6 is 0 Å². The van der Waals surface area contributed by atoms with Crippen molar-refractivity contribution in [1.29, 1.82) is 0 Å². The summed E-state index contributed by atoms with van der Waals surface area (Å²) in [5.74, 6) is 1.07. The van der Waals surface area contributed by atoms with Gasteiger partial charge < -0.3 is 15.2 Å². The third kappa shape index (κ3) is 2.56. The van der Waals surface area contributed by atoms with Crippen LogP contribution in [0, 0.1) is 0 Å². The summed E-state index contributed by atoms with van der Waals surface area (Å²) in [7, 11) is 0. The van der Waals surface area contributed by atoms with Gasteiger partial charge in [-0.05, 0) is 39.2 Å². The highest BCUT2D eigenvalue weighted by Gasteiger charge is 2.20. The van der Waals surface area contributed by atoms with E-state index in [0.717, 1.165) is 12.8 Å². The predicted octanol–water partition coefficient (Wildman–Crippen LogP) is 2.38. The summed E-state index contributed by atoms with van der Waals surface area (Å²) < 4.78 is 11.2. The van der Waals surface area contributed by atoms with Gasteiger partial charge >= 0.3 is 0 Å². The van der Waals surface area contributed by atoms with Gasteiger partial charge in [-0.1, -0.05) is 0 Å². The van der Waals surface area contributed by atoms with E-state index in [-0.39, 0.29) is 6.10 Å². The molecule has 0 saturated heterocycles. The van der Waals surface area contributed by atoms with Crippen LogP contribution in [-0.2, 0) is 0 Å². The zero-order valence-corrected chi connectivity index (χ0v) is 9.77. The van der Waals surface area contributed by atoms with Crippen molar-refractivity contribution < 1.29 is 9.47 Å². The van der Waals surface area contributed by atoms with Crippen molar-refractivity contribution in [3.8, 4) is 11.8 Å². The second-order valence-corrected chi connectivity index (χ2v) is 4.38. The Bertz CT molecular complexity index is 362. The van der Waals surface area contributed by atoms with Gasteiger partial charge in [0.2, 0.25) is 11.8 Å². The summed E-state index contributed by atoms with van der Waals surface area (Å²) in [6, 6.07) is 3.57. The van der Waals surface area contributed by atoms with Gasteiger partial charge in [-0.3, -0.25) is 0 Å². The standard InChI is InChI=1S/C12H18N2O2/c1-8(2)15-12-10(13)6-7-11(14-12)16-9-4-3-5-9/h6-9H,3-5,13H2,1-2H3. The number of aromatic nitrogens is 1. The molecule has 1 aliphatic carbocycles. The molecule has 0 atom stereocenters. The summed E-state index contributed by atoms with van der Waals surface area (Å²) in [5, 5.41) is 0. The van der Waals surface area contributed by atoms with Crippen LogP contribution in [0.25, 0.3) is 0 Å². The van der Waals surface area contributed by atoms with Crippen LogP contribution in [-0.4, -0.2) is 17.2 Å². The minimum atomic E-state index is 0.0637. The quantitative estimate of drug-likeness (QED) is 0.849. The first-order valence-corrected chi connectivity index (χ1v) is 5.75. The fraction of sp³-hybridized carbons (Fsp3) is 0.583. The van der Waals surface area contributed by atoms with Crippen molar-refractivity contribution in [1.82, 2.24) is 4.98 Å². The van der Waals surface area contributed by atoms with Gasteiger partial charge in [-0.25, -0.2) is 0 Å². The highest BCUT2D eigenvalue weighted by atomic mass is 16.5. The monoisotopic (exact) mass is 222 g/mol. The van der Waals surface area contributed by atoms with Crippen LogP contribution in [0.15, 0.2) is 12.1 Å². The summed E-state index contributed by atoms with van der Waals surface area (Å²) in [6.45, 7) is 3.89. The number of rotatable bonds is 4. The molecular weight excluding hydrogens is 204 g/mol. The number of nitrogens with two attached hydrogens (primary N) is 1. The third-order valence-electron chi connectivity index (χ3n) is 2.55. The number of nitrogen functional groups attached to an aromatic ring is 1. The van der Waals surface area contributed by atoms with E-state index in [2.05, 4.69) is 4.98 Å². The molecule has 0 spiro atoms. The second kappa shape index (κ2) is 4.60. The van der Waals surface area contributed by atoms with Gasteiger partial charge in [0.15, 0.2) is 0 Å². The maximum absolute atomic E-state index is 5.77. The van der Waals surface area contributed by atoms with Crippen molar-refractivity contribution in [2.24, 2.45) is 0 Å². The summed E-state index contributed by atoms with van der Waals surface area (Å²) in [5.41, 5.74) is 6.32. The van der Waals surface area contributed by atoms with E-state index in [0.29, 0.717) is 23.6 Å². The lowest BCUT2D eigenvalue weighted by Gasteiger charge is -2.26. The number of hydrogen-bond acceptors (Lipinski definition) is 4. The van der Waals surface area contributed by atoms with E-state index in [4.69, 9.17) is 15.2 Å². The molecule has 4 nitrogen and oxygen atoms in total. The molecule has 1 aliphatic rings. The van der Waals surface area contributed by atoms with Crippen LogP contribution in [0.3, 0.4) is 0 Å². The lowest BCUT2D eigenvalue weighted by molar-refractivity contribution is 0.113. The first-order valence-electron chi connectivity index (χ1n) is 5.75. The van der Waals surface area contributed by atoms with Gasteiger partial charge in [0.25, 0.3) is 0 Å². The molecule has 16 heavy (non-hydrogen) atoms. The zero-order valence-electron chi connectivity index (χ0n) is 9.77. The SMILES string of the molecule is CC(C)Oc1nc(OC2CCC2)ccc1N. The normalized spacial score (nSPS) is 15.9. The molecule has 2 rings (SSSR count). The molecule has 4 heteroatoms. The Balaban J connectivity index is 2.07. The van der Waals surface area contributed by atoms with Crippen molar-refractivity contribution in [3.63, 3.8) is 0 Å². The Kier molecular flexibility index (Phi) is 3.17. The third-order valence-corrected chi connectivity index (χ3v) is 2.55. The maximum atomic E-state index is 5.77. The van der Waals surface area contributed by atoms with Crippen molar-refractivity contribution in [3.05, 3.63) is 12.1 Å². The number of nitrogens with zero attached hydrogens (tertiary/aromatic N) is 1. The van der Waals surface area contributed by atoms with E-state index in [1.165, 1.54) is 6.42 Å². The topological polar surface area (TPSA) is 57.4 Å². The molecule has 0 radical (unpaired) electrons. The summed E-state index contributed by atoms with van der Waals surface area (Å²) in [6.07, 6.45) is 3.87. The van der Waals surface area contributed by atoms with Crippen molar-refractivity contribution >= 4 is 5.69 Å². The smallest absolute Gasteiger partial charge is 0.240 e. The molecule has 2 N–H and O–H groups in total. The van der Waals surface area contributed by atoms with Gasteiger partial charge in [0.05, 0.1) is 11.8 Å². The molecule has 0 amide bonds. The molecule has 0 aromatic carbocycles. The molecule has 1 heterocycles. The molecule has 0 bridgehead atoms. The van der Waals surface area contributed by atoms with E-state index in [1.807, 2.05) is 13.8 Å². The first-order chi connectivity index (χ1) is 7.65. The average molecular weight is 222 g/mol. The maximum Gasteiger partial charge on any atom is 0.240 e. The fourth-order valence-corrected chi connectivity index (χ4v) is 1.48. The van der Waals surface area contributed by atoms with Crippen LogP contribution < -0.4 is 15.2 Å². The predicted molar refractivity (Wildman–Crippen MR) is 62.7 cm³/mol. The Labute approximate surface area is 95.8 Å². The minimum Gasteiger partial charge on any atom is -0.474 e. The van der Waals surface area contributed by atoms with E-state index in [9.17, 15) is 0 Å². The molecule has 88 valence electrons. The lowest BCUT2D eigenvalue weighted by atomic mass is 9.96. The van der Waals surface area contributed by atoms with Crippen LogP contribution in [0.5, 0.6) is 11.8 Å². The van der Waals surface area contributed by atoms with Gasteiger partial charge in [0.1, 0.15) is 6.10 Å². The fourth-order valence-electron chi connectivity index (χ4n) is 1.48. The Morgan fingerprint density at radius 2 is 2.12 bits per heavy atom. The van der Waals surface area contributed by atoms with Crippen LogP contribution in [0.1, 0.15) is 33.1 Å². The Morgan fingerprint density at radius 3 is 2.69 bits per heavy atom. The number of anilines is 1. The Hall–Kier alpha value is -1.45. The number of ether oxygens (including phenoxy) is 2. The van der Waals surface area contributed by atoms with Crippen LogP contribution in [0.2, 0.25) is 0 Å². The zero-order chi connectivity index (χ0) is 11.5. The molecular formula is C12H18N2O2. The highest BCUT2D eigenvalue weighted by molar-refractivity contribution is 5.49. The highest BCUT2D eigenvalue weighted by Crippen LogP contribution is 2.27. The largest absolute Gasteiger partial charge is 0.474 e. The molecule has 0 aliphatic heterocycles. The average Bonchev–Trinajstić information content (AvgIpc) is 2.15. The number of pyridine rings is 1. The second-order valence-electron chi connectivity index (χ2n) is 4.38. The minimum absolute atomic E-state index is 0.0637. The van der Waals surface area contributed by atoms with Gasteiger partial charge in [-0.2, -0.15) is 4.98 Å². The lowest BCUT2D eigenvalue weighted by Crippen LogP contribution is -2.25.